The van der Waals surface area contributed by atoms with E-state index in [9.17, 15) is 13.6 Å². The molecule has 1 aromatic carbocycles. The number of anilines is 1. The van der Waals surface area contributed by atoms with Crippen LogP contribution in [-0.4, -0.2) is 5.97 Å². The van der Waals surface area contributed by atoms with Crippen molar-refractivity contribution >= 4 is 38.9 Å². The van der Waals surface area contributed by atoms with E-state index in [1.54, 1.807) is 6.07 Å². The van der Waals surface area contributed by atoms with E-state index >= 15 is 0 Å². The van der Waals surface area contributed by atoms with Crippen LogP contribution in [0, 0.1) is 11.6 Å². The Morgan fingerprint density at radius 2 is 2.05 bits per heavy atom. The minimum Gasteiger partial charge on any atom is -0.456 e. The fraction of sp³-hybridized carbons (Fsp3) is 0.0833. The number of nitrogen functional groups attached to an aromatic ring is 1. The Labute approximate surface area is 120 Å². The first-order valence-corrected chi connectivity index (χ1v) is 6.74. The second-order valence-corrected chi connectivity index (χ2v) is 6.18. The number of esters is 1. The van der Waals surface area contributed by atoms with Crippen LogP contribution in [-0.2, 0) is 11.3 Å². The standard InChI is InChI=1S/C12H8BrF2NO2S/c13-11-2-1-6(19-11)5-18-12(17)7-3-10(16)9(15)4-8(7)14/h1-4H,5,16H2. The van der Waals surface area contributed by atoms with Gasteiger partial charge in [-0.05, 0) is 34.1 Å². The molecule has 100 valence electrons. The number of hydrogen-bond donors (Lipinski definition) is 1. The van der Waals surface area contributed by atoms with Crippen molar-refractivity contribution in [3.05, 3.63) is 50.1 Å². The lowest BCUT2D eigenvalue weighted by atomic mass is 10.2. The van der Waals surface area contributed by atoms with Crippen LogP contribution in [0.4, 0.5) is 14.5 Å². The average molecular weight is 348 g/mol. The summed E-state index contributed by atoms with van der Waals surface area (Å²) in [7, 11) is 0. The minimum atomic E-state index is -0.996. The zero-order valence-electron chi connectivity index (χ0n) is 9.45. The SMILES string of the molecule is Nc1cc(C(=O)OCc2ccc(Br)s2)c(F)cc1F. The number of carbonyl (C=O) groups is 1. The van der Waals surface area contributed by atoms with Gasteiger partial charge in [-0.15, -0.1) is 11.3 Å². The molecule has 0 aliphatic heterocycles. The van der Waals surface area contributed by atoms with E-state index in [-0.39, 0.29) is 17.9 Å². The van der Waals surface area contributed by atoms with E-state index in [0.717, 1.165) is 14.7 Å². The highest BCUT2D eigenvalue weighted by atomic mass is 79.9. The molecule has 0 radical (unpaired) electrons. The summed E-state index contributed by atoms with van der Waals surface area (Å²) in [6.45, 7) is 0.0197. The van der Waals surface area contributed by atoms with Crippen LogP contribution in [0.3, 0.4) is 0 Å². The average Bonchev–Trinajstić information content (AvgIpc) is 2.77. The molecule has 0 saturated heterocycles. The number of halogens is 3. The van der Waals surface area contributed by atoms with E-state index in [0.29, 0.717) is 6.07 Å². The Bertz CT molecular complexity index is 630. The molecular formula is C12H8BrF2NO2S. The Morgan fingerprint density at radius 3 is 2.68 bits per heavy atom. The van der Waals surface area contributed by atoms with Gasteiger partial charge in [-0.3, -0.25) is 0 Å². The second kappa shape index (κ2) is 5.66. The molecule has 0 amide bonds. The lowest BCUT2D eigenvalue weighted by molar-refractivity contribution is 0.0471. The van der Waals surface area contributed by atoms with Gasteiger partial charge in [0.05, 0.1) is 15.0 Å². The number of benzene rings is 1. The highest BCUT2D eigenvalue weighted by Crippen LogP contribution is 2.23. The zero-order chi connectivity index (χ0) is 14.0. The number of thiophene rings is 1. The highest BCUT2D eigenvalue weighted by molar-refractivity contribution is 9.11. The summed E-state index contributed by atoms with van der Waals surface area (Å²) in [6.07, 6.45) is 0. The highest BCUT2D eigenvalue weighted by Gasteiger charge is 2.16. The molecule has 0 unspecified atom stereocenters. The first-order chi connectivity index (χ1) is 8.97. The van der Waals surface area contributed by atoms with Crippen molar-refractivity contribution in [2.75, 3.05) is 5.73 Å². The third-order valence-corrected chi connectivity index (χ3v) is 3.88. The molecule has 19 heavy (non-hydrogen) atoms. The maximum absolute atomic E-state index is 13.4. The van der Waals surface area contributed by atoms with Crippen LogP contribution in [0.1, 0.15) is 15.2 Å². The predicted octanol–water partition coefficient (Wildman–Crippen LogP) is 3.73. The van der Waals surface area contributed by atoms with Gasteiger partial charge in [0.1, 0.15) is 18.2 Å². The number of nitrogens with two attached hydrogens (primary N) is 1. The van der Waals surface area contributed by atoms with Gasteiger partial charge >= 0.3 is 5.97 Å². The molecule has 0 atom stereocenters. The molecule has 2 aromatic rings. The molecule has 0 saturated carbocycles. The molecule has 0 fully saturated rings. The van der Waals surface area contributed by atoms with Gasteiger partial charge in [0.25, 0.3) is 0 Å². The maximum Gasteiger partial charge on any atom is 0.341 e. The lowest BCUT2D eigenvalue weighted by Crippen LogP contribution is -2.09. The Kier molecular flexibility index (Phi) is 4.16. The van der Waals surface area contributed by atoms with Crippen LogP contribution < -0.4 is 5.73 Å². The smallest absolute Gasteiger partial charge is 0.341 e. The van der Waals surface area contributed by atoms with E-state index in [4.69, 9.17) is 10.5 Å². The molecule has 7 heteroatoms. The summed E-state index contributed by atoms with van der Waals surface area (Å²) >= 11 is 4.67. The van der Waals surface area contributed by atoms with Crippen LogP contribution >= 0.6 is 27.3 Å². The fourth-order valence-electron chi connectivity index (χ4n) is 1.37. The summed E-state index contributed by atoms with van der Waals surface area (Å²) in [5, 5.41) is 0. The van der Waals surface area contributed by atoms with E-state index in [1.807, 2.05) is 6.07 Å². The molecule has 0 aliphatic carbocycles. The molecule has 1 aromatic heterocycles. The molecule has 0 aliphatic rings. The third kappa shape index (κ3) is 3.30. The quantitative estimate of drug-likeness (QED) is 0.679. The normalized spacial score (nSPS) is 10.5. The molecular weight excluding hydrogens is 340 g/mol. The molecule has 0 bridgehead atoms. The van der Waals surface area contributed by atoms with Crippen LogP contribution in [0.25, 0.3) is 0 Å². The first kappa shape index (κ1) is 14.0. The third-order valence-electron chi connectivity index (χ3n) is 2.28. The number of ether oxygens (including phenoxy) is 1. The van der Waals surface area contributed by atoms with Crippen molar-refractivity contribution in [2.45, 2.75) is 6.61 Å². The molecule has 2 N–H and O–H groups in total. The summed E-state index contributed by atoms with van der Waals surface area (Å²) in [4.78, 5) is 12.5. The first-order valence-electron chi connectivity index (χ1n) is 5.13. The molecule has 0 spiro atoms. The van der Waals surface area contributed by atoms with Crippen LogP contribution in [0.15, 0.2) is 28.1 Å². The molecule has 2 rings (SSSR count). The molecule has 1 heterocycles. The summed E-state index contributed by atoms with van der Waals surface area (Å²) in [6, 6.07) is 5.08. The van der Waals surface area contributed by atoms with Gasteiger partial charge in [-0.1, -0.05) is 0 Å². The minimum absolute atomic E-state index is 0.0197. The van der Waals surface area contributed by atoms with Crippen molar-refractivity contribution in [2.24, 2.45) is 0 Å². The van der Waals surface area contributed by atoms with Gasteiger partial charge in [-0.25, -0.2) is 13.6 Å². The zero-order valence-corrected chi connectivity index (χ0v) is 11.9. The number of carbonyl (C=O) groups excluding carboxylic acids is 1. The van der Waals surface area contributed by atoms with E-state index < -0.39 is 17.6 Å². The summed E-state index contributed by atoms with van der Waals surface area (Å²) < 4.78 is 32.2. The number of rotatable bonds is 3. The van der Waals surface area contributed by atoms with Crippen molar-refractivity contribution in [3.63, 3.8) is 0 Å². The Morgan fingerprint density at radius 1 is 1.32 bits per heavy atom. The van der Waals surface area contributed by atoms with Gasteiger partial charge in [0, 0.05) is 10.9 Å². The van der Waals surface area contributed by atoms with E-state index in [1.165, 1.54) is 11.3 Å². The summed E-state index contributed by atoms with van der Waals surface area (Å²) in [5.41, 5.74) is 4.61. The van der Waals surface area contributed by atoms with Crippen LogP contribution in [0.5, 0.6) is 0 Å². The maximum atomic E-state index is 13.4. The van der Waals surface area contributed by atoms with Crippen molar-refractivity contribution in [1.82, 2.24) is 0 Å². The largest absolute Gasteiger partial charge is 0.456 e. The van der Waals surface area contributed by atoms with Crippen LogP contribution in [0.2, 0.25) is 0 Å². The van der Waals surface area contributed by atoms with Crippen molar-refractivity contribution in [1.29, 1.82) is 0 Å². The lowest BCUT2D eigenvalue weighted by Gasteiger charge is -2.06. The number of hydrogen-bond acceptors (Lipinski definition) is 4. The van der Waals surface area contributed by atoms with Gasteiger partial charge in [0.2, 0.25) is 0 Å². The topological polar surface area (TPSA) is 52.3 Å². The Balaban J connectivity index is 2.10. The fourth-order valence-corrected chi connectivity index (χ4v) is 2.76. The van der Waals surface area contributed by atoms with Crippen molar-refractivity contribution < 1.29 is 18.3 Å². The Hall–Kier alpha value is -1.47. The summed E-state index contributed by atoms with van der Waals surface area (Å²) in [5.74, 6) is -2.78. The van der Waals surface area contributed by atoms with Crippen molar-refractivity contribution in [3.8, 4) is 0 Å². The second-order valence-electron chi connectivity index (χ2n) is 3.64. The van der Waals surface area contributed by atoms with Gasteiger partial charge in [0.15, 0.2) is 0 Å². The van der Waals surface area contributed by atoms with Gasteiger partial charge < -0.3 is 10.5 Å². The monoisotopic (exact) mass is 347 g/mol. The molecule has 3 nitrogen and oxygen atoms in total. The van der Waals surface area contributed by atoms with Gasteiger partial charge in [-0.2, -0.15) is 0 Å². The predicted molar refractivity (Wildman–Crippen MR) is 71.9 cm³/mol. The van der Waals surface area contributed by atoms with E-state index in [2.05, 4.69) is 15.9 Å².